The number of rotatable bonds is 16. The van der Waals surface area contributed by atoms with E-state index in [1.54, 1.807) is 18.4 Å². The molecule has 5 rings (SSSR count). The van der Waals surface area contributed by atoms with E-state index in [1.165, 1.54) is 4.80 Å². The molecule has 0 radical (unpaired) electrons. The maximum atomic E-state index is 13.2. The van der Waals surface area contributed by atoms with E-state index in [2.05, 4.69) is 31.4 Å². The number of nitrogens with one attached hydrogen (secondary N) is 1. The molecule has 3 heterocycles. The van der Waals surface area contributed by atoms with Gasteiger partial charge < -0.3 is 29.8 Å². The first-order valence-electron chi connectivity index (χ1n) is 13.8. The lowest BCUT2D eigenvalue weighted by atomic mass is 10.1. The van der Waals surface area contributed by atoms with Gasteiger partial charge in [-0.2, -0.15) is 4.80 Å². The molecule has 0 spiro atoms. The Morgan fingerprint density at radius 1 is 0.976 bits per heavy atom. The third-order valence-corrected chi connectivity index (χ3v) is 7.54. The van der Waals surface area contributed by atoms with Crippen molar-refractivity contribution in [1.82, 2.24) is 30.1 Å². The van der Waals surface area contributed by atoms with Crippen molar-refractivity contribution < 1.29 is 19.0 Å². The van der Waals surface area contributed by atoms with Crippen LogP contribution in [0, 0.1) is 0 Å². The summed E-state index contributed by atoms with van der Waals surface area (Å²) in [7, 11) is 1.65. The number of benzene rings is 2. The van der Waals surface area contributed by atoms with Crippen molar-refractivity contribution in [2.24, 2.45) is 5.73 Å². The smallest absolute Gasteiger partial charge is 0.267 e. The predicted octanol–water partition coefficient (Wildman–Crippen LogP) is 3.38. The van der Waals surface area contributed by atoms with Gasteiger partial charge in [0.25, 0.3) is 5.91 Å². The highest BCUT2D eigenvalue weighted by Crippen LogP contribution is 2.27. The molecule has 0 bridgehead atoms. The molecule has 3 aromatic heterocycles. The summed E-state index contributed by atoms with van der Waals surface area (Å²) in [5, 5.41) is 17.9. The number of hydrogen-bond acceptors (Lipinski definition) is 9. The Balaban J connectivity index is 1.17. The van der Waals surface area contributed by atoms with Crippen LogP contribution in [0.4, 0.5) is 0 Å². The Labute approximate surface area is 248 Å². The van der Waals surface area contributed by atoms with Gasteiger partial charge >= 0.3 is 0 Å². The molecule has 220 valence electrons. The van der Waals surface area contributed by atoms with Crippen LogP contribution in [0.3, 0.4) is 0 Å². The van der Waals surface area contributed by atoms with Gasteiger partial charge in [-0.05, 0) is 52.4 Å². The van der Waals surface area contributed by atoms with E-state index in [0.717, 1.165) is 39.1 Å². The Hall–Kier alpha value is -4.10. The zero-order valence-electron chi connectivity index (χ0n) is 23.6. The molecule has 0 fully saturated rings. The number of aromatic nitrogens is 5. The minimum atomic E-state index is -0.0867. The second-order valence-electron chi connectivity index (χ2n) is 9.56. The van der Waals surface area contributed by atoms with Crippen LogP contribution in [0.25, 0.3) is 21.6 Å². The summed E-state index contributed by atoms with van der Waals surface area (Å²) >= 11 is 1.63. The average molecular weight is 590 g/mol. The number of ether oxygens (including phenoxy) is 3. The summed E-state index contributed by atoms with van der Waals surface area (Å²) in [6.45, 7) is 4.11. The molecule has 3 N–H and O–H groups in total. The topological polar surface area (TPSA) is 131 Å². The van der Waals surface area contributed by atoms with E-state index in [-0.39, 0.29) is 5.91 Å². The van der Waals surface area contributed by atoms with Gasteiger partial charge in [0, 0.05) is 25.2 Å². The van der Waals surface area contributed by atoms with Gasteiger partial charge in [-0.3, -0.25) is 4.79 Å². The van der Waals surface area contributed by atoms with Crippen LogP contribution in [-0.2, 0) is 29.0 Å². The molecule has 0 aliphatic rings. The molecule has 42 heavy (non-hydrogen) atoms. The molecular formula is C30H35N7O4S. The minimum absolute atomic E-state index is 0.0867. The molecule has 11 nitrogen and oxygen atoms in total. The van der Waals surface area contributed by atoms with Crippen LogP contribution in [0.15, 0.2) is 66.0 Å². The maximum absolute atomic E-state index is 13.2. The molecule has 0 atom stereocenters. The third kappa shape index (κ3) is 7.59. The lowest BCUT2D eigenvalue weighted by Crippen LogP contribution is -2.28. The van der Waals surface area contributed by atoms with Gasteiger partial charge in [0.15, 0.2) is 0 Å². The fraction of sp³-hybridized carbons (Fsp3) is 0.333. The highest BCUT2D eigenvalue weighted by Gasteiger charge is 2.17. The fourth-order valence-corrected chi connectivity index (χ4v) is 5.31. The van der Waals surface area contributed by atoms with Crippen LogP contribution in [0.1, 0.15) is 21.6 Å². The molecule has 1 amide bonds. The second kappa shape index (κ2) is 14.7. The van der Waals surface area contributed by atoms with E-state index < -0.39 is 0 Å². The highest BCUT2D eigenvalue weighted by molar-refractivity contribution is 7.17. The Kier molecular flexibility index (Phi) is 10.3. The summed E-state index contributed by atoms with van der Waals surface area (Å²) < 4.78 is 19.2. The van der Waals surface area contributed by atoms with Crippen molar-refractivity contribution in [1.29, 1.82) is 0 Å². The first kappa shape index (κ1) is 29.4. The number of nitrogens with zero attached hydrogens (tertiary/aromatic N) is 5. The van der Waals surface area contributed by atoms with Crippen LogP contribution in [0.2, 0.25) is 0 Å². The number of hydrogen-bond donors (Lipinski definition) is 2. The van der Waals surface area contributed by atoms with Crippen molar-refractivity contribution in [3.63, 3.8) is 0 Å². The fourth-order valence-electron chi connectivity index (χ4n) is 4.49. The molecule has 2 aromatic carbocycles. The van der Waals surface area contributed by atoms with Gasteiger partial charge in [0.1, 0.15) is 11.4 Å². The molecule has 12 heteroatoms. The summed E-state index contributed by atoms with van der Waals surface area (Å²) in [5.74, 6) is 1.28. The number of methoxy groups -OCH3 is 1. The quantitative estimate of drug-likeness (QED) is 0.168. The molecule has 0 aliphatic heterocycles. The number of nitrogens with two attached hydrogens (primary N) is 1. The molecular weight excluding hydrogens is 554 g/mol. The van der Waals surface area contributed by atoms with Gasteiger partial charge in [0.05, 0.1) is 50.3 Å². The average Bonchev–Trinajstić information content (AvgIpc) is 3.75. The van der Waals surface area contributed by atoms with Crippen molar-refractivity contribution >= 4 is 27.5 Å². The van der Waals surface area contributed by atoms with Crippen molar-refractivity contribution in [3.05, 3.63) is 82.9 Å². The summed E-state index contributed by atoms with van der Waals surface area (Å²) in [5.41, 5.74) is 10.2. The Bertz CT molecular complexity index is 1560. The summed E-state index contributed by atoms with van der Waals surface area (Å²) in [4.78, 5) is 14.7. The van der Waals surface area contributed by atoms with Gasteiger partial charge in [-0.25, -0.2) is 0 Å². The van der Waals surface area contributed by atoms with Crippen molar-refractivity contribution in [3.8, 4) is 17.1 Å². The maximum Gasteiger partial charge on any atom is 0.267 e. The SMILES string of the molecule is COc1ccc(CCNC(=O)c2cc3sccc3n2Cc2ccc(-c3nnn(CCOCCOCCN)n3)cc2)cc1. The normalized spacial score (nSPS) is 11.3. The highest BCUT2D eigenvalue weighted by atomic mass is 32.1. The zero-order valence-corrected chi connectivity index (χ0v) is 24.4. The summed E-state index contributed by atoms with van der Waals surface area (Å²) in [6.07, 6.45) is 0.738. The van der Waals surface area contributed by atoms with E-state index in [9.17, 15) is 4.79 Å². The van der Waals surface area contributed by atoms with E-state index in [0.29, 0.717) is 64.1 Å². The lowest BCUT2D eigenvalue weighted by Gasteiger charge is -2.12. The molecule has 0 saturated heterocycles. The largest absolute Gasteiger partial charge is 0.497 e. The van der Waals surface area contributed by atoms with Gasteiger partial charge in [-0.15, -0.1) is 21.5 Å². The minimum Gasteiger partial charge on any atom is -0.497 e. The van der Waals surface area contributed by atoms with E-state index in [1.807, 2.05) is 60.0 Å². The number of amides is 1. The van der Waals surface area contributed by atoms with Gasteiger partial charge in [-0.1, -0.05) is 36.4 Å². The van der Waals surface area contributed by atoms with Crippen molar-refractivity contribution in [2.75, 3.05) is 46.6 Å². The Morgan fingerprint density at radius 2 is 1.74 bits per heavy atom. The third-order valence-electron chi connectivity index (χ3n) is 6.69. The van der Waals surface area contributed by atoms with Crippen LogP contribution < -0.4 is 15.8 Å². The molecule has 0 saturated carbocycles. The van der Waals surface area contributed by atoms with E-state index >= 15 is 0 Å². The first-order chi connectivity index (χ1) is 20.6. The molecule has 5 aromatic rings. The Morgan fingerprint density at radius 3 is 2.50 bits per heavy atom. The van der Waals surface area contributed by atoms with Crippen LogP contribution in [-0.4, -0.2) is 77.3 Å². The predicted molar refractivity (Wildman–Crippen MR) is 162 cm³/mol. The number of tetrazole rings is 1. The number of thiophene rings is 1. The summed E-state index contributed by atoms with van der Waals surface area (Å²) in [6, 6.07) is 19.9. The standard InChI is InChI=1S/C30H35N7O4S/c1-39-25-8-4-22(5-9-25)10-13-32-30(38)27-20-28-26(11-19-42-28)36(27)21-23-2-6-24(7-3-23)29-33-35-37(34-29)14-16-41-18-17-40-15-12-31/h2-9,11,19-20H,10,12-18,21,31H2,1H3,(H,32,38). The number of fused-ring (bicyclic) bond motifs is 1. The second-order valence-corrected chi connectivity index (χ2v) is 10.5. The number of carbonyl (C=O) groups excluding carboxylic acids is 1. The molecule has 0 unspecified atom stereocenters. The number of carbonyl (C=O) groups is 1. The monoisotopic (exact) mass is 589 g/mol. The lowest BCUT2D eigenvalue weighted by molar-refractivity contribution is 0.0456. The van der Waals surface area contributed by atoms with Crippen LogP contribution in [0.5, 0.6) is 5.75 Å². The first-order valence-corrected chi connectivity index (χ1v) is 14.7. The van der Waals surface area contributed by atoms with Crippen molar-refractivity contribution in [2.45, 2.75) is 19.5 Å². The van der Waals surface area contributed by atoms with Gasteiger partial charge in [0.2, 0.25) is 5.82 Å². The zero-order chi connectivity index (χ0) is 29.1. The van der Waals surface area contributed by atoms with E-state index in [4.69, 9.17) is 19.9 Å². The molecule has 0 aliphatic carbocycles. The van der Waals surface area contributed by atoms with Crippen LogP contribution >= 0.6 is 11.3 Å².